The number of nitrogens with zero attached hydrogens (tertiary/aromatic N) is 2. The van der Waals surface area contributed by atoms with E-state index in [1.54, 1.807) is 25.4 Å². The smallest absolute Gasteiger partial charge is 0.295 e. The van der Waals surface area contributed by atoms with Crippen LogP contribution in [-0.2, 0) is 4.74 Å². The fraction of sp³-hybridized carbons (Fsp3) is 0.312. The summed E-state index contributed by atoms with van der Waals surface area (Å²) in [5.74, 6) is 0.302. The third-order valence-corrected chi connectivity index (χ3v) is 3.32. The Morgan fingerprint density at radius 1 is 1.42 bits per heavy atom. The lowest BCUT2D eigenvalue weighted by molar-refractivity contribution is -0.383. The lowest BCUT2D eigenvalue weighted by Gasteiger charge is -2.18. The van der Waals surface area contributed by atoms with Crippen molar-refractivity contribution in [3.05, 3.63) is 52.3 Å². The van der Waals surface area contributed by atoms with Gasteiger partial charge in [0.05, 0.1) is 17.2 Å². The van der Waals surface area contributed by atoms with Crippen LogP contribution in [0.5, 0.6) is 5.75 Å². The Kier molecular flexibility index (Phi) is 6.14. The molecular formula is C16H18BN3O4. The highest BCUT2D eigenvalue weighted by atomic mass is 16.6. The zero-order chi connectivity index (χ0) is 17.5. The van der Waals surface area contributed by atoms with E-state index in [1.165, 1.54) is 6.07 Å². The summed E-state index contributed by atoms with van der Waals surface area (Å²) in [6.07, 6.45) is 1.27. The van der Waals surface area contributed by atoms with Crippen molar-refractivity contribution in [3.63, 3.8) is 0 Å². The van der Waals surface area contributed by atoms with E-state index in [4.69, 9.17) is 17.3 Å². The van der Waals surface area contributed by atoms with Crippen molar-refractivity contribution in [2.45, 2.75) is 13.0 Å². The molecule has 0 bridgehead atoms. The summed E-state index contributed by atoms with van der Waals surface area (Å²) >= 11 is 0. The molecule has 0 aliphatic heterocycles. The number of anilines is 1. The number of nitro groups is 1. The molecule has 2 rings (SSSR count). The summed E-state index contributed by atoms with van der Waals surface area (Å²) in [4.78, 5) is 15.1. The van der Waals surface area contributed by atoms with E-state index in [1.807, 2.05) is 19.1 Å². The molecule has 7 nitrogen and oxygen atoms in total. The van der Waals surface area contributed by atoms with E-state index in [2.05, 4.69) is 10.3 Å². The quantitative estimate of drug-likeness (QED) is 0.345. The number of nitrogens with one attached hydrogen (secondary N) is 1. The summed E-state index contributed by atoms with van der Waals surface area (Å²) in [6.45, 7) is 2.61. The number of pyridine rings is 1. The Morgan fingerprint density at radius 3 is 2.83 bits per heavy atom. The molecule has 8 heteroatoms. The molecule has 1 unspecified atom stereocenters. The Bertz CT molecular complexity index is 697. The molecule has 0 aliphatic rings. The van der Waals surface area contributed by atoms with Gasteiger partial charge in [0, 0.05) is 25.9 Å². The standard InChI is InChI=1S/C16H18BN3O4/c1-11(13-5-3-4-6-18-13)24-15-10-12(17)9-14(20(21)22)16(15)19-7-8-23-2/h3-6,9-11,19H,7-8H2,1-2H3. The summed E-state index contributed by atoms with van der Waals surface area (Å²) in [5.41, 5.74) is 1.09. The first kappa shape index (κ1) is 17.7. The lowest BCUT2D eigenvalue weighted by Crippen LogP contribution is -2.15. The number of methoxy groups -OCH3 is 1. The summed E-state index contributed by atoms with van der Waals surface area (Å²) < 4.78 is 10.9. The van der Waals surface area contributed by atoms with Crippen molar-refractivity contribution in [2.24, 2.45) is 0 Å². The molecule has 1 aromatic heterocycles. The minimum atomic E-state index is -0.496. The monoisotopic (exact) mass is 327 g/mol. The molecule has 1 heterocycles. The van der Waals surface area contributed by atoms with Gasteiger partial charge in [-0.15, -0.1) is 0 Å². The number of aromatic nitrogens is 1. The maximum absolute atomic E-state index is 11.3. The summed E-state index contributed by atoms with van der Waals surface area (Å²) in [6, 6.07) is 8.33. The third kappa shape index (κ3) is 4.45. The molecule has 1 N–H and O–H groups in total. The van der Waals surface area contributed by atoms with Gasteiger partial charge in [-0.2, -0.15) is 0 Å². The molecule has 1 aromatic carbocycles. The van der Waals surface area contributed by atoms with Crippen LogP contribution in [0.1, 0.15) is 18.7 Å². The maximum atomic E-state index is 11.3. The predicted octanol–water partition coefficient (Wildman–Crippen LogP) is 1.98. The number of benzene rings is 1. The molecule has 1 atom stereocenters. The SMILES string of the molecule is [B]c1cc(OC(C)c2ccccn2)c(NCCOC)c([N+](=O)[O-])c1. The predicted molar refractivity (Wildman–Crippen MR) is 92.1 cm³/mol. The molecule has 0 fully saturated rings. The Hall–Kier alpha value is -2.61. The van der Waals surface area contributed by atoms with E-state index < -0.39 is 11.0 Å². The first-order valence-corrected chi connectivity index (χ1v) is 7.41. The van der Waals surface area contributed by atoms with Crippen LogP contribution in [0.25, 0.3) is 0 Å². The number of hydrogen-bond acceptors (Lipinski definition) is 6. The van der Waals surface area contributed by atoms with Crippen molar-refractivity contribution >= 4 is 24.7 Å². The van der Waals surface area contributed by atoms with Crippen LogP contribution >= 0.6 is 0 Å². The van der Waals surface area contributed by atoms with E-state index in [-0.39, 0.29) is 16.8 Å². The largest absolute Gasteiger partial charge is 0.482 e. The molecule has 0 saturated carbocycles. The fourth-order valence-corrected chi connectivity index (χ4v) is 2.18. The molecule has 0 saturated heterocycles. The normalized spacial score (nSPS) is 11.8. The van der Waals surface area contributed by atoms with Crippen LogP contribution < -0.4 is 15.5 Å². The zero-order valence-corrected chi connectivity index (χ0v) is 13.6. The molecule has 0 spiro atoms. The van der Waals surface area contributed by atoms with Gasteiger partial charge in [0.25, 0.3) is 5.69 Å². The first-order chi connectivity index (χ1) is 11.5. The minimum Gasteiger partial charge on any atom is -0.482 e. The second kappa shape index (κ2) is 8.30. The van der Waals surface area contributed by atoms with Gasteiger partial charge in [0.15, 0.2) is 5.69 Å². The van der Waals surface area contributed by atoms with Crippen molar-refractivity contribution in [3.8, 4) is 5.75 Å². The van der Waals surface area contributed by atoms with Crippen LogP contribution in [0.2, 0.25) is 0 Å². The first-order valence-electron chi connectivity index (χ1n) is 7.41. The third-order valence-electron chi connectivity index (χ3n) is 3.32. The zero-order valence-electron chi connectivity index (χ0n) is 13.6. The van der Waals surface area contributed by atoms with Crippen LogP contribution in [0.15, 0.2) is 36.5 Å². The molecule has 2 aromatic rings. The van der Waals surface area contributed by atoms with Gasteiger partial charge in [0.2, 0.25) is 0 Å². The van der Waals surface area contributed by atoms with Crippen molar-refractivity contribution in [1.29, 1.82) is 0 Å². The minimum absolute atomic E-state index is 0.144. The van der Waals surface area contributed by atoms with E-state index in [0.29, 0.717) is 24.6 Å². The molecule has 124 valence electrons. The topological polar surface area (TPSA) is 86.5 Å². The van der Waals surface area contributed by atoms with Crippen LogP contribution in [0.4, 0.5) is 11.4 Å². The Labute approximate surface area is 141 Å². The molecule has 24 heavy (non-hydrogen) atoms. The lowest BCUT2D eigenvalue weighted by atomic mass is 9.94. The van der Waals surface area contributed by atoms with Gasteiger partial charge in [0.1, 0.15) is 19.7 Å². The van der Waals surface area contributed by atoms with Gasteiger partial charge in [-0.3, -0.25) is 15.1 Å². The van der Waals surface area contributed by atoms with Crippen LogP contribution in [0.3, 0.4) is 0 Å². The number of hydrogen-bond donors (Lipinski definition) is 1. The van der Waals surface area contributed by atoms with E-state index in [9.17, 15) is 10.1 Å². The van der Waals surface area contributed by atoms with Gasteiger partial charge in [-0.25, -0.2) is 0 Å². The Balaban J connectivity index is 2.34. The second-order valence-corrected chi connectivity index (χ2v) is 5.10. The molecule has 2 radical (unpaired) electrons. The molecule has 0 aliphatic carbocycles. The number of ether oxygens (including phenoxy) is 2. The second-order valence-electron chi connectivity index (χ2n) is 5.10. The van der Waals surface area contributed by atoms with Gasteiger partial charge >= 0.3 is 0 Å². The number of nitro benzene ring substituents is 1. The fourth-order valence-electron chi connectivity index (χ4n) is 2.18. The highest BCUT2D eigenvalue weighted by Crippen LogP contribution is 2.35. The maximum Gasteiger partial charge on any atom is 0.295 e. The number of rotatable bonds is 8. The van der Waals surface area contributed by atoms with Crippen molar-refractivity contribution in [2.75, 3.05) is 25.6 Å². The molecule has 0 amide bonds. The van der Waals surface area contributed by atoms with Gasteiger partial charge in [-0.1, -0.05) is 11.5 Å². The van der Waals surface area contributed by atoms with Crippen LogP contribution in [-0.4, -0.2) is 38.0 Å². The van der Waals surface area contributed by atoms with Crippen LogP contribution in [0, 0.1) is 10.1 Å². The average Bonchev–Trinajstić information content (AvgIpc) is 2.57. The van der Waals surface area contributed by atoms with E-state index in [0.717, 1.165) is 0 Å². The van der Waals surface area contributed by atoms with Crippen molar-refractivity contribution in [1.82, 2.24) is 4.98 Å². The van der Waals surface area contributed by atoms with E-state index >= 15 is 0 Å². The van der Waals surface area contributed by atoms with Gasteiger partial charge < -0.3 is 14.8 Å². The average molecular weight is 327 g/mol. The highest BCUT2D eigenvalue weighted by molar-refractivity contribution is 6.33. The van der Waals surface area contributed by atoms with Crippen molar-refractivity contribution < 1.29 is 14.4 Å². The Morgan fingerprint density at radius 2 is 2.21 bits per heavy atom. The highest BCUT2D eigenvalue weighted by Gasteiger charge is 2.21. The summed E-state index contributed by atoms with van der Waals surface area (Å²) in [7, 11) is 7.34. The van der Waals surface area contributed by atoms with Gasteiger partial charge in [-0.05, 0) is 25.1 Å². The summed E-state index contributed by atoms with van der Waals surface area (Å²) in [5, 5.41) is 14.3. The molecular weight excluding hydrogens is 309 g/mol.